The molecule has 4 rings (SSSR count). The van der Waals surface area contributed by atoms with Gasteiger partial charge in [0.2, 0.25) is 5.91 Å². The van der Waals surface area contributed by atoms with Crippen molar-refractivity contribution in [2.45, 2.75) is 17.4 Å². The number of hydrogen-bond acceptors (Lipinski definition) is 6. The van der Waals surface area contributed by atoms with Crippen LogP contribution in [0.25, 0.3) is 0 Å². The first kappa shape index (κ1) is 27.5. The fourth-order valence-electron chi connectivity index (χ4n) is 3.79. The number of anilines is 3. The van der Waals surface area contributed by atoms with E-state index in [0.29, 0.717) is 49.2 Å². The summed E-state index contributed by atoms with van der Waals surface area (Å²) >= 11 is 0.964. The van der Waals surface area contributed by atoms with Crippen molar-refractivity contribution in [1.29, 1.82) is 0 Å². The van der Waals surface area contributed by atoms with Crippen molar-refractivity contribution in [3.05, 3.63) is 71.8 Å². The van der Waals surface area contributed by atoms with E-state index in [0.717, 1.165) is 17.4 Å². The number of alkyl halides is 6. The monoisotopic (exact) mass is 559 g/mol. The van der Waals surface area contributed by atoms with Crippen LogP contribution >= 0.6 is 11.8 Å². The fraction of sp³-hybridized carbons (Fsp3) is 0.292. The summed E-state index contributed by atoms with van der Waals surface area (Å²) in [7, 11) is 0. The van der Waals surface area contributed by atoms with E-state index in [-0.39, 0.29) is 17.6 Å². The van der Waals surface area contributed by atoms with Gasteiger partial charge in [-0.1, -0.05) is 11.8 Å². The van der Waals surface area contributed by atoms with E-state index < -0.39 is 35.1 Å². The quantitative estimate of drug-likeness (QED) is 0.237. The average Bonchev–Trinajstić information content (AvgIpc) is 2.87. The van der Waals surface area contributed by atoms with Crippen molar-refractivity contribution in [1.82, 2.24) is 9.97 Å². The third-order valence-corrected chi connectivity index (χ3v) is 6.57. The number of halogens is 7. The smallest absolute Gasteiger partial charge is 0.368 e. The number of piperazine rings is 1. The second kappa shape index (κ2) is 11.1. The molecule has 1 saturated heterocycles. The van der Waals surface area contributed by atoms with Crippen LogP contribution in [-0.2, 0) is 17.1 Å². The molecule has 0 saturated carbocycles. The van der Waals surface area contributed by atoms with E-state index in [1.807, 2.05) is 4.90 Å². The normalized spacial score (nSPS) is 14.5. The summed E-state index contributed by atoms with van der Waals surface area (Å²) in [5, 5.41) is 2.50. The standard InChI is InChI=1S/C24H20F7N5OS/c25-17-1-3-19(4-2-17)35-5-7-36(8-6-35)20-12-22(33-14-32-20)38-13-21(37)34-18-10-15(23(26,27)28)9-16(11-18)24(29,30)31/h1-4,9-12,14H,5-8,13H2,(H,34,37). The molecule has 0 atom stereocenters. The molecule has 2 aromatic carbocycles. The van der Waals surface area contributed by atoms with Gasteiger partial charge in [0.05, 0.1) is 16.9 Å². The zero-order valence-electron chi connectivity index (χ0n) is 19.5. The minimum atomic E-state index is -5.02. The van der Waals surface area contributed by atoms with E-state index in [1.54, 1.807) is 18.2 Å². The maximum absolute atomic E-state index is 13.2. The Kier molecular flexibility index (Phi) is 7.99. The number of nitrogens with zero attached hydrogens (tertiary/aromatic N) is 4. The summed E-state index contributed by atoms with van der Waals surface area (Å²) < 4.78 is 91.4. The van der Waals surface area contributed by atoms with Gasteiger partial charge < -0.3 is 15.1 Å². The van der Waals surface area contributed by atoms with E-state index in [1.165, 1.54) is 18.5 Å². The number of carbonyl (C=O) groups excluding carboxylic acids is 1. The van der Waals surface area contributed by atoms with Gasteiger partial charge in [-0.25, -0.2) is 14.4 Å². The second-order valence-electron chi connectivity index (χ2n) is 8.30. The zero-order chi connectivity index (χ0) is 27.5. The molecule has 1 amide bonds. The summed E-state index contributed by atoms with van der Waals surface area (Å²) in [6, 6.07) is 8.75. The van der Waals surface area contributed by atoms with Gasteiger partial charge in [0, 0.05) is 43.6 Å². The maximum atomic E-state index is 13.2. The van der Waals surface area contributed by atoms with Gasteiger partial charge in [0.25, 0.3) is 0 Å². The Labute approximate surface area is 216 Å². The minimum absolute atomic E-state index is 0.00764. The Hall–Kier alpha value is -3.55. The number of aromatic nitrogens is 2. The topological polar surface area (TPSA) is 61.4 Å². The third-order valence-electron chi connectivity index (χ3n) is 5.65. The van der Waals surface area contributed by atoms with Crippen LogP contribution in [0.15, 0.2) is 59.9 Å². The Bertz CT molecular complexity index is 1240. The molecule has 2 heterocycles. The number of nitrogens with one attached hydrogen (secondary N) is 1. The van der Waals surface area contributed by atoms with Gasteiger partial charge >= 0.3 is 12.4 Å². The summed E-state index contributed by atoms with van der Waals surface area (Å²) in [5.41, 5.74) is -2.75. The molecule has 0 radical (unpaired) electrons. The summed E-state index contributed by atoms with van der Waals surface area (Å²) in [6.45, 7) is 2.57. The van der Waals surface area contributed by atoms with Crippen LogP contribution in [0.5, 0.6) is 0 Å². The highest BCUT2D eigenvalue weighted by atomic mass is 32.2. The van der Waals surface area contributed by atoms with Gasteiger partial charge in [-0.05, 0) is 42.5 Å². The van der Waals surface area contributed by atoms with E-state index in [9.17, 15) is 35.5 Å². The first-order valence-corrected chi connectivity index (χ1v) is 12.2. The molecule has 0 spiro atoms. The fourth-order valence-corrected chi connectivity index (χ4v) is 4.45. The highest BCUT2D eigenvalue weighted by Crippen LogP contribution is 2.37. The lowest BCUT2D eigenvalue weighted by atomic mass is 10.1. The first-order chi connectivity index (χ1) is 17.9. The molecule has 1 fully saturated rings. The number of rotatable bonds is 6. The molecule has 1 aromatic heterocycles. The molecular weight excluding hydrogens is 539 g/mol. The molecule has 0 unspecified atom stereocenters. The SMILES string of the molecule is O=C(CSc1cc(N2CCN(c3ccc(F)cc3)CC2)ncn1)Nc1cc(C(F)(F)F)cc(C(F)(F)F)c1. The molecule has 3 aromatic rings. The van der Waals surface area contributed by atoms with Gasteiger partial charge in [0.15, 0.2) is 0 Å². The van der Waals surface area contributed by atoms with Crippen LogP contribution in [0.3, 0.4) is 0 Å². The number of benzene rings is 2. The van der Waals surface area contributed by atoms with Crippen molar-refractivity contribution < 1.29 is 35.5 Å². The Morgan fingerprint density at radius 3 is 2.00 bits per heavy atom. The van der Waals surface area contributed by atoms with Crippen molar-refractivity contribution >= 4 is 34.9 Å². The maximum Gasteiger partial charge on any atom is 0.416 e. The van der Waals surface area contributed by atoms with Gasteiger partial charge in [-0.3, -0.25) is 4.79 Å². The van der Waals surface area contributed by atoms with Crippen molar-refractivity contribution in [2.24, 2.45) is 0 Å². The number of hydrogen-bond donors (Lipinski definition) is 1. The Balaban J connectivity index is 1.35. The predicted molar refractivity (Wildman–Crippen MR) is 129 cm³/mol. The lowest BCUT2D eigenvalue weighted by Crippen LogP contribution is -2.46. The van der Waals surface area contributed by atoms with Crippen molar-refractivity contribution in [3.63, 3.8) is 0 Å². The van der Waals surface area contributed by atoms with Crippen LogP contribution in [-0.4, -0.2) is 47.8 Å². The Morgan fingerprint density at radius 1 is 0.842 bits per heavy atom. The van der Waals surface area contributed by atoms with Crippen molar-refractivity contribution in [2.75, 3.05) is 47.0 Å². The van der Waals surface area contributed by atoms with E-state index in [4.69, 9.17) is 0 Å². The highest BCUT2D eigenvalue weighted by Gasteiger charge is 2.37. The largest absolute Gasteiger partial charge is 0.416 e. The summed E-state index contributed by atoms with van der Waals surface area (Å²) in [4.78, 5) is 24.8. The molecule has 1 aliphatic heterocycles. The third kappa shape index (κ3) is 7.05. The zero-order valence-corrected chi connectivity index (χ0v) is 20.3. The minimum Gasteiger partial charge on any atom is -0.368 e. The van der Waals surface area contributed by atoms with Crippen LogP contribution in [0.2, 0.25) is 0 Å². The molecule has 1 aliphatic rings. The van der Waals surface area contributed by atoms with Gasteiger partial charge in [-0.2, -0.15) is 26.3 Å². The molecule has 6 nitrogen and oxygen atoms in total. The molecule has 202 valence electrons. The molecule has 14 heteroatoms. The van der Waals surface area contributed by atoms with Crippen LogP contribution in [0.1, 0.15) is 11.1 Å². The second-order valence-corrected chi connectivity index (χ2v) is 9.29. The molecule has 1 N–H and O–H groups in total. The van der Waals surface area contributed by atoms with Gasteiger partial charge in [-0.15, -0.1) is 0 Å². The number of amides is 1. The Morgan fingerprint density at radius 2 is 1.42 bits per heavy atom. The predicted octanol–water partition coefficient (Wildman–Crippen LogP) is 5.71. The van der Waals surface area contributed by atoms with E-state index in [2.05, 4.69) is 20.2 Å². The lowest BCUT2D eigenvalue weighted by Gasteiger charge is -2.36. The van der Waals surface area contributed by atoms with Crippen LogP contribution in [0.4, 0.5) is 47.9 Å². The van der Waals surface area contributed by atoms with Crippen LogP contribution < -0.4 is 15.1 Å². The van der Waals surface area contributed by atoms with Gasteiger partial charge in [0.1, 0.15) is 23.0 Å². The summed E-state index contributed by atoms with van der Waals surface area (Å²) in [5.74, 6) is -0.801. The lowest BCUT2D eigenvalue weighted by molar-refractivity contribution is -0.143. The number of thioether (sulfide) groups is 1. The van der Waals surface area contributed by atoms with Crippen molar-refractivity contribution in [3.8, 4) is 0 Å². The molecular formula is C24H20F7N5OS. The van der Waals surface area contributed by atoms with E-state index >= 15 is 0 Å². The highest BCUT2D eigenvalue weighted by molar-refractivity contribution is 7.99. The molecule has 0 aliphatic carbocycles. The molecule has 38 heavy (non-hydrogen) atoms. The summed E-state index contributed by atoms with van der Waals surface area (Å²) in [6.07, 6.45) is -8.72. The molecule has 0 bridgehead atoms. The first-order valence-electron chi connectivity index (χ1n) is 11.2. The van der Waals surface area contributed by atoms with Crippen LogP contribution in [0, 0.1) is 5.82 Å². The number of carbonyl (C=O) groups is 1. The average molecular weight is 560 g/mol.